The zero-order valence-corrected chi connectivity index (χ0v) is 6.37. The number of β-amino-alcohol motifs (C(OH)–C–C–N with tert-alkyl or cyclic N) is 1. The Morgan fingerprint density at radius 1 is 1.60 bits per heavy atom. The predicted molar refractivity (Wildman–Crippen MR) is 40.4 cm³/mol. The van der Waals surface area contributed by atoms with E-state index in [9.17, 15) is 4.79 Å². The van der Waals surface area contributed by atoms with Crippen LogP contribution in [-0.4, -0.2) is 34.9 Å². The molecule has 10 heavy (non-hydrogen) atoms. The molecular formula is C5H11NO3S. The lowest BCUT2D eigenvalue weighted by Crippen LogP contribution is -2.29. The van der Waals surface area contributed by atoms with E-state index in [1.54, 1.807) is 0 Å². The van der Waals surface area contributed by atoms with Crippen molar-refractivity contribution in [1.82, 2.24) is 5.32 Å². The van der Waals surface area contributed by atoms with E-state index < -0.39 is 18.1 Å². The van der Waals surface area contributed by atoms with Crippen molar-refractivity contribution in [2.75, 3.05) is 6.54 Å². The smallest absolute Gasteiger partial charge is 0.320 e. The van der Waals surface area contributed by atoms with Crippen molar-refractivity contribution < 1.29 is 15.0 Å². The minimum absolute atomic E-state index is 0. The topological polar surface area (TPSA) is 69.6 Å². The summed E-state index contributed by atoms with van der Waals surface area (Å²) in [5.74, 6) is -0.883. The molecule has 5 heteroatoms. The molecule has 2 atom stereocenters. The van der Waals surface area contributed by atoms with E-state index in [1.165, 1.54) is 0 Å². The van der Waals surface area contributed by atoms with Crippen molar-refractivity contribution in [2.24, 2.45) is 0 Å². The quantitative estimate of drug-likeness (QED) is 0.461. The van der Waals surface area contributed by atoms with Crippen LogP contribution in [-0.2, 0) is 4.79 Å². The number of carboxylic acids is 1. The van der Waals surface area contributed by atoms with E-state index in [0.717, 1.165) is 0 Å². The number of rotatable bonds is 1. The lowest BCUT2D eigenvalue weighted by atomic mass is 10.2. The molecule has 0 aromatic heterocycles. The summed E-state index contributed by atoms with van der Waals surface area (Å²) in [6, 6.07) is -0.542. The van der Waals surface area contributed by atoms with Crippen LogP contribution in [0.1, 0.15) is 6.42 Å². The Bertz CT molecular complexity index is 130. The first-order chi connectivity index (χ1) is 4.20. The van der Waals surface area contributed by atoms with Gasteiger partial charge >= 0.3 is 5.97 Å². The normalized spacial score (nSPS) is 31.3. The molecule has 1 heterocycles. The van der Waals surface area contributed by atoms with Gasteiger partial charge < -0.3 is 15.5 Å². The lowest BCUT2D eigenvalue weighted by Gasteiger charge is -1.99. The Kier molecular flexibility index (Phi) is 3.70. The molecule has 1 fully saturated rings. The molecule has 1 aliphatic rings. The van der Waals surface area contributed by atoms with E-state index in [4.69, 9.17) is 10.2 Å². The van der Waals surface area contributed by atoms with E-state index in [1.807, 2.05) is 0 Å². The van der Waals surface area contributed by atoms with Crippen LogP contribution in [0.25, 0.3) is 0 Å². The molecule has 0 aromatic carbocycles. The van der Waals surface area contributed by atoms with E-state index in [-0.39, 0.29) is 13.5 Å². The summed E-state index contributed by atoms with van der Waals surface area (Å²) in [5.41, 5.74) is 0. The first kappa shape index (κ1) is 9.74. The van der Waals surface area contributed by atoms with Gasteiger partial charge in [-0.25, -0.2) is 0 Å². The number of carboxylic acid groups (broad SMARTS) is 1. The van der Waals surface area contributed by atoms with Crippen molar-refractivity contribution in [3.8, 4) is 0 Å². The molecule has 0 saturated carbocycles. The van der Waals surface area contributed by atoms with Gasteiger partial charge in [0.15, 0.2) is 0 Å². The van der Waals surface area contributed by atoms with Crippen LogP contribution >= 0.6 is 13.5 Å². The third-order valence-corrected chi connectivity index (χ3v) is 1.41. The standard InChI is InChI=1S/C5H9NO3.H2S/c7-3-1-4(5(8)9)6-2-3;/h3-4,6-7H,1-2H2,(H,8,9);1H2/t3-,4+;/m1./s1. The Labute approximate surface area is 65.7 Å². The third-order valence-electron chi connectivity index (χ3n) is 1.41. The van der Waals surface area contributed by atoms with Gasteiger partial charge in [0.1, 0.15) is 6.04 Å². The first-order valence-corrected chi connectivity index (χ1v) is 2.84. The van der Waals surface area contributed by atoms with Crippen LogP contribution in [0.3, 0.4) is 0 Å². The van der Waals surface area contributed by atoms with Crippen molar-refractivity contribution in [2.45, 2.75) is 18.6 Å². The van der Waals surface area contributed by atoms with Crippen molar-refractivity contribution in [3.05, 3.63) is 0 Å². The average Bonchev–Trinajstić information content (AvgIpc) is 2.14. The second-order valence-electron chi connectivity index (χ2n) is 2.19. The molecule has 3 N–H and O–H groups in total. The second kappa shape index (κ2) is 3.80. The van der Waals surface area contributed by atoms with Crippen LogP contribution in [0.2, 0.25) is 0 Å². The van der Waals surface area contributed by atoms with Crippen LogP contribution in [0, 0.1) is 0 Å². The molecule has 0 unspecified atom stereocenters. The number of hydrogen-bond donors (Lipinski definition) is 3. The third kappa shape index (κ3) is 2.17. The second-order valence-corrected chi connectivity index (χ2v) is 2.19. The van der Waals surface area contributed by atoms with Gasteiger partial charge in [-0.2, -0.15) is 13.5 Å². The molecule has 4 nitrogen and oxygen atoms in total. The number of hydrogen-bond acceptors (Lipinski definition) is 3. The van der Waals surface area contributed by atoms with Crippen molar-refractivity contribution in [3.63, 3.8) is 0 Å². The van der Waals surface area contributed by atoms with Crippen LogP contribution < -0.4 is 5.32 Å². The highest BCUT2D eigenvalue weighted by molar-refractivity contribution is 7.59. The van der Waals surface area contributed by atoms with Gasteiger partial charge in [-0.3, -0.25) is 4.79 Å². The van der Waals surface area contributed by atoms with Crippen molar-refractivity contribution in [1.29, 1.82) is 0 Å². The van der Waals surface area contributed by atoms with Gasteiger partial charge in [-0.1, -0.05) is 0 Å². The molecule has 0 aliphatic carbocycles. The van der Waals surface area contributed by atoms with E-state index >= 15 is 0 Å². The van der Waals surface area contributed by atoms with Crippen LogP contribution in [0.15, 0.2) is 0 Å². The summed E-state index contributed by atoms with van der Waals surface area (Å²) in [6.07, 6.45) is -0.152. The zero-order chi connectivity index (χ0) is 6.85. The molecule has 0 radical (unpaired) electrons. The van der Waals surface area contributed by atoms with Crippen LogP contribution in [0.4, 0.5) is 0 Å². The molecule has 60 valence electrons. The van der Waals surface area contributed by atoms with Gasteiger partial charge in [0.25, 0.3) is 0 Å². The SMILES string of the molecule is O=C(O)[C@@H]1C[C@@H](O)CN1.S. The monoisotopic (exact) mass is 165 g/mol. The molecule has 1 rings (SSSR count). The molecule has 0 amide bonds. The summed E-state index contributed by atoms with van der Waals surface area (Å²) in [6.45, 7) is 0.400. The van der Waals surface area contributed by atoms with E-state index in [0.29, 0.717) is 13.0 Å². The summed E-state index contributed by atoms with van der Waals surface area (Å²) < 4.78 is 0. The molecular weight excluding hydrogens is 154 g/mol. The molecule has 1 aliphatic heterocycles. The minimum Gasteiger partial charge on any atom is -0.480 e. The number of carbonyl (C=O) groups is 1. The first-order valence-electron chi connectivity index (χ1n) is 2.84. The van der Waals surface area contributed by atoms with Gasteiger partial charge in [0.2, 0.25) is 0 Å². The predicted octanol–water partition coefficient (Wildman–Crippen LogP) is -1.09. The summed E-state index contributed by atoms with van der Waals surface area (Å²) in [7, 11) is 0. The number of nitrogens with one attached hydrogen (secondary N) is 1. The van der Waals surface area contributed by atoms with Gasteiger partial charge in [0, 0.05) is 13.0 Å². The Balaban J connectivity index is 0.000000810. The fourth-order valence-corrected chi connectivity index (χ4v) is 0.905. The molecule has 0 spiro atoms. The maximum atomic E-state index is 10.2. The fourth-order valence-electron chi connectivity index (χ4n) is 0.905. The number of aliphatic hydroxyl groups is 1. The van der Waals surface area contributed by atoms with Gasteiger partial charge in [0.05, 0.1) is 6.10 Å². The Morgan fingerprint density at radius 3 is 2.40 bits per heavy atom. The number of aliphatic hydroxyl groups excluding tert-OH is 1. The molecule has 0 aromatic rings. The minimum atomic E-state index is -0.883. The highest BCUT2D eigenvalue weighted by Crippen LogP contribution is 2.05. The fraction of sp³-hybridized carbons (Fsp3) is 0.800. The maximum absolute atomic E-state index is 10.2. The van der Waals surface area contributed by atoms with Crippen LogP contribution in [0.5, 0.6) is 0 Å². The zero-order valence-electron chi connectivity index (χ0n) is 5.37. The molecule has 0 bridgehead atoms. The Hall–Kier alpha value is -0.260. The van der Waals surface area contributed by atoms with Gasteiger partial charge in [-0.15, -0.1) is 0 Å². The Morgan fingerprint density at radius 2 is 2.20 bits per heavy atom. The number of aliphatic carboxylic acids is 1. The van der Waals surface area contributed by atoms with Gasteiger partial charge in [-0.05, 0) is 0 Å². The average molecular weight is 165 g/mol. The van der Waals surface area contributed by atoms with E-state index in [2.05, 4.69) is 5.32 Å². The summed E-state index contributed by atoms with van der Waals surface area (Å²) in [4.78, 5) is 10.2. The lowest BCUT2D eigenvalue weighted by molar-refractivity contribution is -0.139. The highest BCUT2D eigenvalue weighted by Gasteiger charge is 2.27. The largest absolute Gasteiger partial charge is 0.480 e. The maximum Gasteiger partial charge on any atom is 0.320 e. The highest BCUT2D eigenvalue weighted by atomic mass is 32.1. The molecule has 1 saturated heterocycles. The van der Waals surface area contributed by atoms with Crippen molar-refractivity contribution >= 4 is 19.5 Å². The summed E-state index contributed by atoms with van der Waals surface area (Å²) >= 11 is 0. The summed E-state index contributed by atoms with van der Waals surface area (Å²) in [5, 5.41) is 19.8.